The molecule has 0 heterocycles. The summed E-state index contributed by atoms with van der Waals surface area (Å²) >= 11 is 0. The van der Waals surface area contributed by atoms with Crippen molar-refractivity contribution in [1.29, 1.82) is 0 Å². The van der Waals surface area contributed by atoms with Crippen molar-refractivity contribution < 1.29 is 24.3 Å². The van der Waals surface area contributed by atoms with Gasteiger partial charge in [-0.2, -0.15) is 0 Å². The van der Waals surface area contributed by atoms with Gasteiger partial charge in [0.1, 0.15) is 11.9 Å². The quantitative estimate of drug-likeness (QED) is 0.615. The number of nitro benzene ring substituents is 1. The molecule has 0 fully saturated rings. The first-order valence-corrected chi connectivity index (χ1v) is 5.15. The molecule has 1 aromatic rings. The maximum absolute atomic E-state index is 10.8. The fourth-order valence-electron chi connectivity index (χ4n) is 1.37. The molecule has 0 aliphatic carbocycles. The van der Waals surface area contributed by atoms with Gasteiger partial charge in [0.05, 0.1) is 24.5 Å². The van der Waals surface area contributed by atoms with Gasteiger partial charge in [-0.3, -0.25) is 14.9 Å². The van der Waals surface area contributed by atoms with Crippen LogP contribution in [-0.2, 0) is 4.79 Å². The zero-order valence-corrected chi connectivity index (χ0v) is 9.95. The topological polar surface area (TPSA) is 98.9 Å². The van der Waals surface area contributed by atoms with E-state index in [9.17, 15) is 14.9 Å². The summed E-state index contributed by atoms with van der Waals surface area (Å²) in [7, 11) is 1.40. The third-order valence-corrected chi connectivity index (χ3v) is 2.15. The SMILES string of the molecule is COc1ccc(O[C@@H](C)CC(=O)O)c([N+](=O)[O-])c1. The van der Waals surface area contributed by atoms with E-state index in [1.807, 2.05) is 0 Å². The Kier molecular flexibility index (Phi) is 4.47. The molecule has 7 nitrogen and oxygen atoms in total. The number of nitrogens with zero attached hydrogens (tertiary/aromatic N) is 1. The number of nitro groups is 1. The van der Waals surface area contributed by atoms with Crippen molar-refractivity contribution in [1.82, 2.24) is 0 Å². The number of benzene rings is 1. The van der Waals surface area contributed by atoms with E-state index >= 15 is 0 Å². The number of carbonyl (C=O) groups is 1. The van der Waals surface area contributed by atoms with Crippen molar-refractivity contribution in [2.75, 3.05) is 7.11 Å². The van der Waals surface area contributed by atoms with Crippen LogP contribution in [-0.4, -0.2) is 29.2 Å². The number of aliphatic carboxylic acids is 1. The zero-order valence-electron chi connectivity index (χ0n) is 9.95. The van der Waals surface area contributed by atoms with Crippen molar-refractivity contribution in [3.05, 3.63) is 28.3 Å². The third kappa shape index (κ3) is 3.62. The number of rotatable bonds is 6. The lowest BCUT2D eigenvalue weighted by molar-refractivity contribution is -0.386. The molecule has 0 saturated heterocycles. The van der Waals surface area contributed by atoms with E-state index in [4.69, 9.17) is 14.6 Å². The summed E-state index contributed by atoms with van der Waals surface area (Å²) in [6.07, 6.45) is -0.891. The molecule has 0 radical (unpaired) electrons. The molecule has 1 aromatic carbocycles. The molecule has 0 bridgehead atoms. The van der Waals surface area contributed by atoms with Crippen LogP contribution in [0.25, 0.3) is 0 Å². The highest BCUT2D eigenvalue weighted by atomic mass is 16.6. The van der Waals surface area contributed by atoms with E-state index in [0.29, 0.717) is 5.75 Å². The molecule has 1 atom stereocenters. The van der Waals surface area contributed by atoms with Crippen molar-refractivity contribution in [3.63, 3.8) is 0 Å². The lowest BCUT2D eigenvalue weighted by Gasteiger charge is -2.13. The fourth-order valence-corrected chi connectivity index (χ4v) is 1.37. The van der Waals surface area contributed by atoms with Crippen LogP contribution in [0.5, 0.6) is 11.5 Å². The van der Waals surface area contributed by atoms with Crippen LogP contribution in [0.2, 0.25) is 0 Å². The van der Waals surface area contributed by atoms with Gasteiger partial charge in [-0.1, -0.05) is 0 Å². The van der Waals surface area contributed by atoms with Gasteiger partial charge < -0.3 is 14.6 Å². The average molecular weight is 255 g/mol. The van der Waals surface area contributed by atoms with Crippen molar-refractivity contribution in [2.24, 2.45) is 0 Å². The van der Waals surface area contributed by atoms with Crippen LogP contribution in [0.4, 0.5) is 5.69 Å². The maximum Gasteiger partial charge on any atom is 0.314 e. The first kappa shape index (κ1) is 13.8. The molecular weight excluding hydrogens is 242 g/mol. The lowest BCUT2D eigenvalue weighted by Crippen LogP contribution is -2.17. The maximum atomic E-state index is 10.8. The van der Waals surface area contributed by atoms with Gasteiger partial charge >= 0.3 is 11.7 Å². The van der Waals surface area contributed by atoms with Gasteiger partial charge in [0.25, 0.3) is 0 Å². The Bertz CT molecular complexity index is 459. The summed E-state index contributed by atoms with van der Waals surface area (Å²) < 4.78 is 10.1. The smallest absolute Gasteiger partial charge is 0.314 e. The fraction of sp³-hybridized carbons (Fsp3) is 0.364. The standard InChI is InChI=1S/C11H13NO6/c1-7(5-11(13)14)18-10-4-3-8(17-2)6-9(10)12(15)16/h3-4,6-7H,5H2,1-2H3,(H,13,14)/t7-/m0/s1. The normalized spacial score (nSPS) is 11.7. The number of methoxy groups -OCH3 is 1. The first-order valence-electron chi connectivity index (χ1n) is 5.15. The van der Waals surface area contributed by atoms with Crippen molar-refractivity contribution in [2.45, 2.75) is 19.4 Å². The summed E-state index contributed by atoms with van der Waals surface area (Å²) in [5, 5.41) is 19.4. The van der Waals surface area contributed by atoms with Crippen LogP contribution in [0.3, 0.4) is 0 Å². The molecule has 1 N–H and O–H groups in total. The van der Waals surface area contributed by atoms with Crippen LogP contribution >= 0.6 is 0 Å². The van der Waals surface area contributed by atoms with Crippen molar-refractivity contribution >= 4 is 11.7 Å². The molecule has 0 aliphatic rings. The number of carboxylic acid groups (broad SMARTS) is 1. The van der Waals surface area contributed by atoms with Gasteiger partial charge in [0.2, 0.25) is 0 Å². The highest BCUT2D eigenvalue weighted by molar-refractivity contribution is 5.67. The van der Waals surface area contributed by atoms with E-state index in [1.54, 1.807) is 0 Å². The third-order valence-electron chi connectivity index (χ3n) is 2.15. The lowest BCUT2D eigenvalue weighted by atomic mass is 10.2. The Hall–Kier alpha value is -2.31. The van der Waals surface area contributed by atoms with Crippen LogP contribution in [0, 0.1) is 10.1 Å². The molecule has 98 valence electrons. The Labute approximate surface area is 103 Å². The average Bonchev–Trinajstić information content (AvgIpc) is 2.28. The first-order chi connectivity index (χ1) is 8.43. The summed E-state index contributed by atoms with van der Waals surface area (Å²) in [6.45, 7) is 1.53. The van der Waals surface area contributed by atoms with E-state index in [1.165, 1.54) is 32.2 Å². The minimum Gasteiger partial charge on any atom is -0.496 e. The number of carboxylic acids is 1. The summed E-state index contributed by atoms with van der Waals surface area (Å²) in [5.41, 5.74) is -0.258. The van der Waals surface area contributed by atoms with E-state index in [0.717, 1.165) is 0 Å². The largest absolute Gasteiger partial charge is 0.496 e. The second-order valence-corrected chi connectivity index (χ2v) is 3.62. The molecule has 1 rings (SSSR count). The molecule has 0 amide bonds. The highest BCUT2D eigenvalue weighted by Crippen LogP contribution is 2.31. The van der Waals surface area contributed by atoms with Crippen LogP contribution < -0.4 is 9.47 Å². The summed E-state index contributed by atoms with van der Waals surface area (Å²) in [4.78, 5) is 20.7. The number of ether oxygens (including phenoxy) is 2. The van der Waals surface area contributed by atoms with Crippen LogP contribution in [0.15, 0.2) is 18.2 Å². The molecule has 0 aromatic heterocycles. The molecule has 0 saturated carbocycles. The molecule has 0 spiro atoms. The molecular formula is C11H13NO6. The zero-order chi connectivity index (χ0) is 13.7. The minimum absolute atomic E-state index is 0.0227. The van der Waals surface area contributed by atoms with Crippen LogP contribution in [0.1, 0.15) is 13.3 Å². The number of hydrogen-bond donors (Lipinski definition) is 1. The molecule has 7 heteroatoms. The Morgan fingerprint density at radius 3 is 2.72 bits per heavy atom. The minimum atomic E-state index is -1.03. The van der Waals surface area contributed by atoms with E-state index < -0.39 is 17.0 Å². The van der Waals surface area contributed by atoms with Gasteiger partial charge in [-0.05, 0) is 19.1 Å². The monoisotopic (exact) mass is 255 g/mol. The summed E-state index contributed by atoms with van der Waals surface area (Å²) in [6, 6.07) is 4.12. The number of hydrogen-bond acceptors (Lipinski definition) is 5. The highest BCUT2D eigenvalue weighted by Gasteiger charge is 2.19. The van der Waals surface area contributed by atoms with E-state index in [-0.39, 0.29) is 17.9 Å². The van der Waals surface area contributed by atoms with Gasteiger partial charge in [0, 0.05) is 0 Å². The second kappa shape index (κ2) is 5.85. The Morgan fingerprint density at radius 1 is 1.56 bits per heavy atom. The van der Waals surface area contributed by atoms with Crippen molar-refractivity contribution in [3.8, 4) is 11.5 Å². The predicted octanol–water partition coefficient (Wildman–Crippen LogP) is 1.85. The van der Waals surface area contributed by atoms with E-state index in [2.05, 4.69) is 0 Å². The summed E-state index contributed by atoms with van der Waals surface area (Å²) in [5.74, 6) is -0.673. The molecule has 18 heavy (non-hydrogen) atoms. The molecule has 0 unspecified atom stereocenters. The molecule has 0 aliphatic heterocycles. The second-order valence-electron chi connectivity index (χ2n) is 3.62. The van der Waals surface area contributed by atoms with Gasteiger partial charge in [-0.25, -0.2) is 0 Å². The Morgan fingerprint density at radius 2 is 2.22 bits per heavy atom. The van der Waals surface area contributed by atoms with Gasteiger partial charge in [-0.15, -0.1) is 0 Å². The van der Waals surface area contributed by atoms with Gasteiger partial charge in [0.15, 0.2) is 5.75 Å². The predicted molar refractivity (Wildman–Crippen MR) is 62.0 cm³/mol. The Balaban J connectivity index is 2.94.